The summed E-state index contributed by atoms with van der Waals surface area (Å²) in [5.74, 6) is 0.263. The number of benzene rings is 2. The molecule has 0 spiro atoms. The highest BCUT2D eigenvalue weighted by Crippen LogP contribution is 2.35. The Balaban J connectivity index is 1.62. The van der Waals surface area contributed by atoms with Gasteiger partial charge in [-0.2, -0.15) is 0 Å². The average molecular weight is 373 g/mol. The summed E-state index contributed by atoms with van der Waals surface area (Å²) >= 11 is 0. The van der Waals surface area contributed by atoms with Crippen molar-refractivity contribution in [1.29, 1.82) is 0 Å². The van der Waals surface area contributed by atoms with E-state index < -0.39 is 0 Å². The Morgan fingerprint density at radius 1 is 1.14 bits per heavy atom. The molecule has 0 aliphatic carbocycles. The summed E-state index contributed by atoms with van der Waals surface area (Å²) in [5.41, 5.74) is 3.93. The van der Waals surface area contributed by atoms with Crippen LogP contribution in [0.5, 0.6) is 5.75 Å². The standard InChI is InChI=1S/C22H19N3O3/c1-15-4-2-3-5-17(15)13-25-19-12-18(6-7-20(19)28-14-21(25)26)24-22(27)16-8-10-23-11-9-16/h2-12H,13-14H2,1H3,(H,24,27). The molecule has 4 rings (SSSR count). The molecule has 2 aromatic carbocycles. The lowest BCUT2D eigenvalue weighted by molar-refractivity contribution is -0.121. The van der Waals surface area contributed by atoms with Crippen molar-refractivity contribution in [2.24, 2.45) is 0 Å². The van der Waals surface area contributed by atoms with Gasteiger partial charge >= 0.3 is 0 Å². The third-order valence-electron chi connectivity index (χ3n) is 4.69. The highest BCUT2D eigenvalue weighted by atomic mass is 16.5. The van der Waals surface area contributed by atoms with Gasteiger partial charge in [0, 0.05) is 23.6 Å². The van der Waals surface area contributed by atoms with E-state index >= 15 is 0 Å². The summed E-state index contributed by atoms with van der Waals surface area (Å²) < 4.78 is 5.57. The second-order valence-electron chi connectivity index (χ2n) is 6.57. The van der Waals surface area contributed by atoms with E-state index in [-0.39, 0.29) is 18.4 Å². The van der Waals surface area contributed by atoms with E-state index in [2.05, 4.69) is 10.3 Å². The molecule has 0 unspecified atom stereocenters. The minimum atomic E-state index is -0.240. The SMILES string of the molecule is Cc1ccccc1CN1C(=O)COc2ccc(NC(=O)c3ccncc3)cc21. The normalized spacial score (nSPS) is 12.9. The third-order valence-corrected chi connectivity index (χ3v) is 4.69. The van der Waals surface area contributed by atoms with Crippen molar-refractivity contribution in [1.82, 2.24) is 4.98 Å². The molecule has 3 aromatic rings. The van der Waals surface area contributed by atoms with Crippen LogP contribution in [0, 0.1) is 6.92 Å². The molecule has 1 N–H and O–H groups in total. The van der Waals surface area contributed by atoms with Gasteiger partial charge in [0.25, 0.3) is 11.8 Å². The predicted octanol–water partition coefficient (Wildman–Crippen LogP) is 3.57. The second kappa shape index (κ2) is 7.52. The number of rotatable bonds is 4. The quantitative estimate of drug-likeness (QED) is 0.759. The van der Waals surface area contributed by atoms with Crippen LogP contribution < -0.4 is 15.0 Å². The van der Waals surface area contributed by atoms with Gasteiger partial charge in [0.15, 0.2) is 6.61 Å². The lowest BCUT2D eigenvalue weighted by atomic mass is 10.1. The molecular weight excluding hydrogens is 354 g/mol. The van der Waals surface area contributed by atoms with Crippen molar-refractivity contribution in [3.63, 3.8) is 0 Å². The van der Waals surface area contributed by atoms with Gasteiger partial charge in [-0.15, -0.1) is 0 Å². The Bertz CT molecular complexity index is 1030. The molecule has 28 heavy (non-hydrogen) atoms. The van der Waals surface area contributed by atoms with Gasteiger partial charge in [0.1, 0.15) is 5.75 Å². The summed E-state index contributed by atoms with van der Waals surface area (Å²) in [6.07, 6.45) is 3.14. The molecule has 0 atom stereocenters. The molecule has 0 saturated heterocycles. The molecule has 0 fully saturated rings. The van der Waals surface area contributed by atoms with Crippen molar-refractivity contribution in [3.8, 4) is 5.75 Å². The molecular formula is C22H19N3O3. The van der Waals surface area contributed by atoms with Crippen LogP contribution in [0.1, 0.15) is 21.5 Å². The zero-order chi connectivity index (χ0) is 19.5. The number of aromatic nitrogens is 1. The van der Waals surface area contributed by atoms with Crippen LogP contribution in [0.15, 0.2) is 67.0 Å². The van der Waals surface area contributed by atoms with Gasteiger partial charge in [-0.05, 0) is 48.4 Å². The maximum atomic E-state index is 12.5. The lowest BCUT2D eigenvalue weighted by Crippen LogP contribution is -2.38. The Morgan fingerprint density at radius 3 is 2.71 bits per heavy atom. The number of pyridine rings is 1. The minimum Gasteiger partial charge on any atom is -0.482 e. The highest BCUT2D eigenvalue weighted by molar-refractivity contribution is 6.05. The van der Waals surface area contributed by atoms with Crippen LogP contribution in [0.2, 0.25) is 0 Å². The first-order chi connectivity index (χ1) is 13.6. The van der Waals surface area contributed by atoms with E-state index in [9.17, 15) is 9.59 Å². The van der Waals surface area contributed by atoms with Crippen molar-refractivity contribution in [3.05, 3.63) is 83.7 Å². The summed E-state index contributed by atoms with van der Waals surface area (Å²) in [6, 6.07) is 16.5. The fourth-order valence-electron chi connectivity index (χ4n) is 3.12. The molecule has 0 bridgehead atoms. The van der Waals surface area contributed by atoms with E-state index in [4.69, 9.17) is 4.74 Å². The maximum absolute atomic E-state index is 12.5. The van der Waals surface area contributed by atoms with Crippen LogP contribution in [-0.4, -0.2) is 23.4 Å². The van der Waals surface area contributed by atoms with Gasteiger partial charge in [0.2, 0.25) is 0 Å². The molecule has 140 valence electrons. The summed E-state index contributed by atoms with van der Waals surface area (Å²) in [6.45, 7) is 2.47. The van der Waals surface area contributed by atoms with Crippen molar-refractivity contribution < 1.29 is 14.3 Å². The summed E-state index contributed by atoms with van der Waals surface area (Å²) in [5, 5.41) is 2.86. The number of amides is 2. The van der Waals surface area contributed by atoms with Crippen LogP contribution in [-0.2, 0) is 11.3 Å². The monoisotopic (exact) mass is 373 g/mol. The number of aryl methyl sites for hydroxylation is 1. The van der Waals surface area contributed by atoms with Crippen molar-refractivity contribution in [2.75, 3.05) is 16.8 Å². The number of hydrogen-bond acceptors (Lipinski definition) is 4. The molecule has 0 saturated carbocycles. The maximum Gasteiger partial charge on any atom is 0.265 e. The number of fused-ring (bicyclic) bond motifs is 1. The Hall–Kier alpha value is -3.67. The van der Waals surface area contributed by atoms with Gasteiger partial charge in [0.05, 0.1) is 12.2 Å². The highest BCUT2D eigenvalue weighted by Gasteiger charge is 2.26. The topological polar surface area (TPSA) is 71.5 Å². The number of anilines is 2. The van der Waals surface area contributed by atoms with Crippen molar-refractivity contribution in [2.45, 2.75) is 13.5 Å². The lowest BCUT2D eigenvalue weighted by Gasteiger charge is -2.30. The molecule has 0 radical (unpaired) electrons. The number of carbonyl (C=O) groups is 2. The summed E-state index contributed by atoms with van der Waals surface area (Å²) in [7, 11) is 0. The Kier molecular flexibility index (Phi) is 4.76. The molecule has 1 aromatic heterocycles. The first kappa shape index (κ1) is 17.7. The van der Waals surface area contributed by atoms with Gasteiger partial charge < -0.3 is 15.0 Å². The Labute approximate surface area is 162 Å². The summed E-state index contributed by atoms with van der Waals surface area (Å²) in [4.78, 5) is 30.6. The van der Waals surface area contributed by atoms with Gasteiger partial charge in [-0.1, -0.05) is 24.3 Å². The molecule has 2 amide bonds. The minimum absolute atomic E-state index is 0.00159. The molecule has 1 aliphatic rings. The number of ether oxygens (including phenoxy) is 1. The first-order valence-electron chi connectivity index (χ1n) is 8.95. The van der Waals surface area contributed by atoms with E-state index in [1.807, 2.05) is 31.2 Å². The van der Waals surface area contributed by atoms with Crippen LogP contribution in [0.4, 0.5) is 11.4 Å². The fourth-order valence-corrected chi connectivity index (χ4v) is 3.12. The smallest absolute Gasteiger partial charge is 0.265 e. The van der Waals surface area contributed by atoms with E-state index in [1.165, 1.54) is 0 Å². The zero-order valence-electron chi connectivity index (χ0n) is 15.4. The Morgan fingerprint density at radius 2 is 1.93 bits per heavy atom. The van der Waals surface area contributed by atoms with Crippen molar-refractivity contribution >= 4 is 23.2 Å². The molecule has 2 heterocycles. The first-order valence-corrected chi connectivity index (χ1v) is 8.95. The van der Waals surface area contributed by atoms with Crippen LogP contribution in [0.25, 0.3) is 0 Å². The van der Waals surface area contributed by atoms with E-state index in [1.54, 1.807) is 47.6 Å². The largest absolute Gasteiger partial charge is 0.482 e. The number of nitrogens with one attached hydrogen (secondary N) is 1. The molecule has 6 heteroatoms. The average Bonchev–Trinajstić information content (AvgIpc) is 2.72. The number of carbonyl (C=O) groups excluding carboxylic acids is 2. The molecule has 6 nitrogen and oxygen atoms in total. The predicted molar refractivity (Wildman–Crippen MR) is 106 cm³/mol. The van der Waals surface area contributed by atoms with Crippen LogP contribution in [0.3, 0.4) is 0 Å². The second-order valence-corrected chi connectivity index (χ2v) is 6.57. The van der Waals surface area contributed by atoms with E-state index in [0.717, 1.165) is 11.1 Å². The van der Waals surface area contributed by atoms with Gasteiger partial charge in [-0.25, -0.2) is 0 Å². The number of nitrogens with zero attached hydrogens (tertiary/aromatic N) is 2. The third kappa shape index (κ3) is 3.57. The van der Waals surface area contributed by atoms with Crippen LogP contribution >= 0.6 is 0 Å². The fraction of sp³-hybridized carbons (Fsp3) is 0.136. The van der Waals surface area contributed by atoms with E-state index in [0.29, 0.717) is 29.2 Å². The molecule has 1 aliphatic heterocycles. The van der Waals surface area contributed by atoms with Gasteiger partial charge in [-0.3, -0.25) is 14.6 Å². The zero-order valence-corrected chi connectivity index (χ0v) is 15.4. The number of hydrogen-bond donors (Lipinski definition) is 1.